The van der Waals surface area contributed by atoms with Crippen LogP contribution in [0, 0.1) is 5.82 Å². The van der Waals surface area contributed by atoms with Crippen molar-refractivity contribution in [1.29, 1.82) is 0 Å². The van der Waals surface area contributed by atoms with Crippen molar-refractivity contribution >= 4 is 10.0 Å². The number of hydrogen-bond donors (Lipinski definition) is 1. The van der Waals surface area contributed by atoms with Gasteiger partial charge in [0.2, 0.25) is 10.0 Å². The Labute approximate surface area is 128 Å². The maximum atomic E-state index is 13.1. The lowest BCUT2D eigenvalue weighted by Gasteiger charge is -2.11. The topological polar surface area (TPSA) is 64.6 Å². The Kier molecular flexibility index (Phi) is 4.99. The van der Waals surface area contributed by atoms with Crippen LogP contribution in [0.15, 0.2) is 47.4 Å². The lowest BCUT2D eigenvalue weighted by atomic mass is 10.2. The van der Waals surface area contributed by atoms with Gasteiger partial charge in [-0.1, -0.05) is 12.1 Å². The first-order valence-electron chi connectivity index (χ1n) is 6.42. The highest BCUT2D eigenvalue weighted by Gasteiger charge is 2.15. The molecule has 0 aromatic heterocycles. The Balaban J connectivity index is 2.19. The number of methoxy groups -OCH3 is 2. The quantitative estimate of drug-likeness (QED) is 0.885. The molecule has 0 amide bonds. The van der Waals surface area contributed by atoms with E-state index in [0.717, 1.165) is 6.07 Å². The molecule has 0 spiro atoms. The van der Waals surface area contributed by atoms with E-state index in [2.05, 4.69) is 4.72 Å². The number of benzene rings is 2. The first-order chi connectivity index (χ1) is 10.5. The maximum absolute atomic E-state index is 13.1. The van der Waals surface area contributed by atoms with Crippen LogP contribution in [-0.4, -0.2) is 22.6 Å². The monoisotopic (exact) mass is 325 g/mol. The highest BCUT2D eigenvalue weighted by atomic mass is 32.2. The zero-order valence-corrected chi connectivity index (χ0v) is 13.0. The third-order valence-corrected chi connectivity index (χ3v) is 4.45. The summed E-state index contributed by atoms with van der Waals surface area (Å²) in [6.07, 6.45) is 0. The van der Waals surface area contributed by atoms with Crippen LogP contribution in [0.25, 0.3) is 0 Å². The van der Waals surface area contributed by atoms with E-state index in [1.807, 2.05) is 0 Å². The van der Waals surface area contributed by atoms with Gasteiger partial charge in [-0.2, -0.15) is 0 Å². The number of rotatable bonds is 6. The number of nitrogens with one attached hydrogen (secondary N) is 1. The van der Waals surface area contributed by atoms with Gasteiger partial charge >= 0.3 is 0 Å². The molecule has 2 rings (SSSR count). The van der Waals surface area contributed by atoms with Crippen molar-refractivity contribution in [1.82, 2.24) is 4.72 Å². The fourth-order valence-corrected chi connectivity index (χ4v) is 2.93. The molecular formula is C15H16FNO4S. The summed E-state index contributed by atoms with van der Waals surface area (Å²) in [6.45, 7) is 0.0199. The molecule has 2 aromatic rings. The van der Waals surface area contributed by atoms with E-state index in [-0.39, 0.29) is 11.4 Å². The van der Waals surface area contributed by atoms with Gasteiger partial charge in [-0.05, 0) is 24.3 Å². The Bertz CT molecular complexity index is 762. The van der Waals surface area contributed by atoms with Crippen molar-refractivity contribution < 1.29 is 22.3 Å². The summed E-state index contributed by atoms with van der Waals surface area (Å²) in [6, 6.07) is 9.89. The minimum Gasteiger partial charge on any atom is -0.497 e. The highest BCUT2D eigenvalue weighted by molar-refractivity contribution is 7.89. The van der Waals surface area contributed by atoms with Gasteiger partial charge in [0.25, 0.3) is 0 Å². The van der Waals surface area contributed by atoms with Gasteiger partial charge in [-0.3, -0.25) is 0 Å². The largest absolute Gasteiger partial charge is 0.497 e. The predicted molar refractivity (Wildman–Crippen MR) is 80.0 cm³/mol. The molecule has 0 aliphatic rings. The van der Waals surface area contributed by atoms with Gasteiger partial charge < -0.3 is 9.47 Å². The summed E-state index contributed by atoms with van der Waals surface area (Å²) in [5.41, 5.74) is 0.642. The average molecular weight is 325 g/mol. The first kappa shape index (κ1) is 16.3. The summed E-state index contributed by atoms with van der Waals surface area (Å²) in [4.78, 5) is -0.125. The summed E-state index contributed by atoms with van der Waals surface area (Å²) >= 11 is 0. The molecule has 0 aliphatic heterocycles. The second kappa shape index (κ2) is 6.76. The number of sulfonamides is 1. The van der Waals surface area contributed by atoms with Gasteiger partial charge in [-0.25, -0.2) is 17.5 Å². The Morgan fingerprint density at radius 3 is 2.50 bits per heavy atom. The molecule has 0 aliphatic carbocycles. The smallest absolute Gasteiger partial charge is 0.240 e. The molecule has 7 heteroatoms. The highest BCUT2D eigenvalue weighted by Crippen LogP contribution is 2.24. The minimum absolute atomic E-state index is 0.0199. The van der Waals surface area contributed by atoms with E-state index in [1.54, 1.807) is 18.2 Å². The molecule has 118 valence electrons. The standard InChI is InChI=1S/C15H16FNO4S/c1-20-13-7-6-11(15(9-13)21-2)10-17-22(18,19)14-5-3-4-12(16)8-14/h3-9,17H,10H2,1-2H3. The van der Waals surface area contributed by atoms with Crippen molar-refractivity contribution in [2.75, 3.05) is 14.2 Å². The van der Waals surface area contributed by atoms with Gasteiger partial charge in [0.1, 0.15) is 17.3 Å². The molecule has 0 atom stereocenters. The van der Waals surface area contributed by atoms with Crippen LogP contribution >= 0.6 is 0 Å². The van der Waals surface area contributed by atoms with Crippen LogP contribution < -0.4 is 14.2 Å². The van der Waals surface area contributed by atoms with E-state index < -0.39 is 15.8 Å². The van der Waals surface area contributed by atoms with Crippen LogP contribution in [0.2, 0.25) is 0 Å². The van der Waals surface area contributed by atoms with Crippen LogP contribution in [0.1, 0.15) is 5.56 Å². The predicted octanol–water partition coefficient (Wildman–Crippen LogP) is 2.32. The number of hydrogen-bond acceptors (Lipinski definition) is 4. The Morgan fingerprint density at radius 2 is 1.86 bits per heavy atom. The third kappa shape index (κ3) is 3.75. The van der Waals surface area contributed by atoms with Crippen molar-refractivity contribution in [3.8, 4) is 11.5 Å². The molecular weight excluding hydrogens is 309 g/mol. The summed E-state index contributed by atoms with van der Waals surface area (Å²) in [5.74, 6) is 0.500. The van der Waals surface area contributed by atoms with E-state index >= 15 is 0 Å². The van der Waals surface area contributed by atoms with Gasteiger partial charge in [0, 0.05) is 18.2 Å². The van der Waals surface area contributed by atoms with Crippen molar-refractivity contribution in [2.45, 2.75) is 11.4 Å². The fraction of sp³-hybridized carbons (Fsp3) is 0.200. The summed E-state index contributed by atoms with van der Waals surface area (Å²) in [5, 5.41) is 0. The Hall–Kier alpha value is -2.12. The second-order valence-corrected chi connectivity index (χ2v) is 6.23. The Morgan fingerprint density at radius 1 is 1.09 bits per heavy atom. The molecule has 0 fully saturated rings. The normalized spacial score (nSPS) is 11.2. The van der Waals surface area contributed by atoms with E-state index in [9.17, 15) is 12.8 Å². The molecule has 0 unspecified atom stereocenters. The fourth-order valence-electron chi connectivity index (χ4n) is 1.89. The maximum Gasteiger partial charge on any atom is 0.240 e. The molecule has 22 heavy (non-hydrogen) atoms. The average Bonchev–Trinajstić information content (AvgIpc) is 2.52. The molecule has 0 heterocycles. The SMILES string of the molecule is COc1ccc(CNS(=O)(=O)c2cccc(F)c2)c(OC)c1. The minimum atomic E-state index is -3.80. The van der Waals surface area contributed by atoms with Crippen molar-refractivity contribution in [2.24, 2.45) is 0 Å². The summed E-state index contributed by atoms with van der Waals surface area (Å²) in [7, 11) is -0.784. The lowest BCUT2D eigenvalue weighted by molar-refractivity contribution is 0.390. The first-order valence-corrected chi connectivity index (χ1v) is 7.90. The molecule has 1 N–H and O–H groups in total. The van der Waals surface area contributed by atoms with Crippen molar-refractivity contribution in [3.63, 3.8) is 0 Å². The van der Waals surface area contributed by atoms with Gasteiger partial charge in [0.05, 0.1) is 19.1 Å². The molecule has 0 radical (unpaired) electrons. The molecule has 0 saturated heterocycles. The van der Waals surface area contributed by atoms with Crippen LogP contribution in [0.3, 0.4) is 0 Å². The van der Waals surface area contributed by atoms with E-state index in [4.69, 9.17) is 9.47 Å². The van der Waals surface area contributed by atoms with E-state index in [1.165, 1.54) is 32.4 Å². The second-order valence-electron chi connectivity index (χ2n) is 4.46. The van der Waals surface area contributed by atoms with E-state index in [0.29, 0.717) is 17.1 Å². The van der Waals surface area contributed by atoms with Gasteiger partial charge in [0.15, 0.2) is 0 Å². The third-order valence-electron chi connectivity index (χ3n) is 3.05. The molecule has 0 saturated carbocycles. The van der Waals surface area contributed by atoms with Gasteiger partial charge in [-0.15, -0.1) is 0 Å². The lowest BCUT2D eigenvalue weighted by Crippen LogP contribution is -2.23. The zero-order valence-electron chi connectivity index (χ0n) is 12.2. The van der Waals surface area contributed by atoms with Crippen LogP contribution in [-0.2, 0) is 16.6 Å². The summed E-state index contributed by atoms with van der Waals surface area (Å²) < 4.78 is 50.1. The van der Waals surface area contributed by atoms with Crippen LogP contribution in [0.5, 0.6) is 11.5 Å². The zero-order chi connectivity index (χ0) is 16.2. The number of halogens is 1. The van der Waals surface area contributed by atoms with Crippen LogP contribution in [0.4, 0.5) is 4.39 Å². The molecule has 2 aromatic carbocycles. The molecule has 5 nitrogen and oxygen atoms in total. The molecule has 0 bridgehead atoms. The number of ether oxygens (including phenoxy) is 2. The van der Waals surface area contributed by atoms with Crippen molar-refractivity contribution in [3.05, 3.63) is 53.8 Å².